The Balaban J connectivity index is 1.62. The Morgan fingerprint density at radius 3 is 2.96 bits per heavy atom. The van der Waals surface area contributed by atoms with Gasteiger partial charge >= 0.3 is 0 Å². The minimum absolute atomic E-state index is 0.0643. The molecule has 1 aliphatic heterocycles. The molecule has 2 heterocycles. The molecule has 2 N–H and O–H groups in total. The lowest BCUT2D eigenvalue weighted by atomic mass is 10.0. The number of thiophene rings is 1. The summed E-state index contributed by atoms with van der Waals surface area (Å²) in [5, 5.41) is 9.79. The first-order chi connectivity index (χ1) is 12.1. The van der Waals surface area contributed by atoms with Crippen LogP contribution in [0.5, 0.6) is 0 Å². The molecule has 0 spiro atoms. The number of rotatable bonds is 6. The van der Waals surface area contributed by atoms with Crippen molar-refractivity contribution in [2.45, 2.75) is 32.5 Å². The van der Waals surface area contributed by atoms with Gasteiger partial charge in [-0.25, -0.2) is 0 Å². The number of amides is 2. The second kappa shape index (κ2) is 8.27. The van der Waals surface area contributed by atoms with Gasteiger partial charge in [0.15, 0.2) is 0 Å². The van der Waals surface area contributed by atoms with E-state index < -0.39 is 6.04 Å². The summed E-state index contributed by atoms with van der Waals surface area (Å²) in [6, 6.07) is 9.74. The Hall–Kier alpha value is -2.18. The summed E-state index contributed by atoms with van der Waals surface area (Å²) in [7, 11) is 0. The van der Waals surface area contributed by atoms with E-state index in [2.05, 4.69) is 34.6 Å². The number of nitrogens with one attached hydrogen (secondary N) is 2. The summed E-state index contributed by atoms with van der Waals surface area (Å²) < 4.78 is 0. The first-order valence-electron chi connectivity index (χ1n) is 8.47. The monoisotopic (exact) mass is 357 g/mol. The second-order valence-electron chi connectivity index (χ2n) is 6.32. The molecule has 132 valence electrons. The highest BCUT2D eigenvalue weighted by atomic mass is 32.1. The second-order valence-corrected chi connectivity index (χ2v) is 7.10. The van der Waals surface area contributed by atoms with Crippen molar-refractivity contribution in [1.82, 2.24) is 15.5 Å². The Labute approximate surface area is 152 Å². The van der Waals surface area contributed by atoms with Crippen molar-refractivity contribution >= 4 is 23.2 Å². The third-order valence-corrected chi connectivity index (χ3v) is 5.26. The molecule has 0 saturated carbocycles. The van der Waals surface area contributed by atoms with Gasteiger partial charge in [-0.2, -0.15) is 11.3 Å². The van der Waals surface area contributed by atoms with Crippen LogP contribution < -0.4 is 10.6 Å². The topological polar surface area (TPSA) is 61.4 Å². The summed E-state index contributed by atoms with van der Waals surface area (Å²) in [6.45, 7) is 4.64. The molecule has 2 amide bonds. The van der Waals surface area contributed by atoms with Crippen molar-refractivity contribution in [3.05, 3.63) is 57.8 Å². The van der Waals surface area contributed by atoms with Crippen molar-refractivity contribution in [1.29, 1.82) is 0 Å². The predicted molar refractivity (Wildman–Crippen MR) is 99.2 cm³/mol. The fraction of sp³-hybridized carbons (Fsp3) is 0.368. The molecule has 0 aliphatic carbocycles. The minimum atomic E-state index is -0.421. The van der Waals surface area contributed by atoms with Crippen molar-refractivity contribution in [3.63, 3.8) is 0 Å². The van der Waals surface area contributed by atoms with Gasteiger partial charge in [0.2, 0.25) is 11.8 Å². The van der Waals surface area contributed by atoms with Crippen molar-refractivity contribution < 1.29 is 9.59 Å². The maximum atomic E-state index is 12.3. The molecule has 3 rings (SSSR count). The summed E-state index contributed by atoms with van der Waals surface area (Å²) in [5.41, 5.74) is 3.48. The zero-order valence-corrected chi connectivity index (χ0v) is 15.1. The summed E-state index contributed by atoms with van der Waals surface area (Å²) >= 11 is 1.61. The highest BCUT2D eigenvalue weighted by Gasteiger charge is 2.31. The van der Waals surface area contributed by atoms with Crippen LogP contribution in [0, 0.1) is 6.92 Å². The molecule has 2 aromatic rings. The van der Waals surface area contributed by atoms with Crippen LogP contribution in [0.4, 0.5) is 0 Å². The number of nitrogens with zero attached hydrogens (tertiary/aromatic N) is 1. The Bertz CT molecular complexity index is 730. The number of hydrogen-bond acceptors (Lipinski definition) is 4. The van der Waals surface area contributed by atoms with Crippen LogP contribution in [-0.2, 0) is 22.7 Å². The molecule has 1 aromatic heterocycles. The van der Waals surface area contributed by atoms with Crippen LogP contribution in [0.1, 0.15) is 23.1 Å². The van der Waals surface area contributed by atoms with Crippen LogP contribution >= 0.6 is 11.3 Å². The number of hydrogen-bond donors (Lipinski definition) is 2. The maximum Gasteiger partial charge on any atom is 0.237 e. The molecule has 1 atom stereocenters. The lowest BCUT2D eigenvalue weighted by molar-refractivity contribution is -0.134. The van der Waals surface area contributed by atoms with Crippen LogP contribution in [0.15, 0.2) is 41.1 Å². The molecular weight excluding hydrogens is 334 g/mol. The average molecular weight is 357 g/mol. The highest BCUT2D eigenvalue weighted by Crippen LogP contribution is 2.16. The Morgan fingerprint density at radius 1 is 1.36 bits per heavy atom. The van der Waals surface area contributed by atoms with E-state index in [9.17, 15) is 9.59 Å². The molecule has 1 aromatic carbocycles. The zero-order chi connectivity index (χ0) is 17.6. The molecule has 1 unspecified atom stereocenters. The van der Waals surface area contributed by atoms with Gasteiger partial charge in [-0.15, -0.1) is 0 Å². The standard InChI is InChI=1S/C19H23N3O2S/c1-14-4-2-3-5-16(14)12-22-8-7-20-19(24)17(22)10-18(23)21-11-15-6-9-25-13-15/h2-6,9,13,17H,7-8,10-12H2,1H3,(H,20,24)(H,21,23). The van der Waals surface area contributed by atoms with E-state index >= 15 is 0 Å². The molecule has 6 heteroatoms. The van der Waals surface area contributed by atoms with Crippen molar-refractivity contribution in [3.8, 4) is 0 Å². The maximum absolute atomic E-state index is 12.3. The minimum Gasteiger partial charge on any atom is -0.353 e. The molecule has 0 bridgehead atoms. The number of benzene rings is 1. The van der Waals surface area contributed by atoms with Crippen LogP contribution in [0.25, 0.3) is 0 Å². The fourth-order valence-corrected chi connectivity index (χ4v) is 3.69. The summed E-state index contributed by atoms with van der Waals surface area (Å²) in [6.07, 6.45) is 0.182. The van der Waals surface area contributed by atoms with Gasteiger partial charge in [0.05, 0.1) is 12.5 Å². The number of aryl methyl sites for hydroxylation is 1. The molecule has 25 heavy (non-hydrogen) atoms. The molecular formula is C19H23N3O2S. The predicted octanol–water partition coefficient (Wildman–Crippen LogP) is 2.06. The average Bonchev–Trinajstić information content (AvgIpc) is 3.12. The first kappa shape index (κ1) is 17.6. The van der Waals surface area contributed by atoms with Crippen LogP contribution in [0.2, 0.25) is 0 Å². The lowest BCUT2D eigenvalue weighted by Crippen LogP contribution is -2.56. The Kier molecular flexibility index (Phi) is 5.83. The van der Waals surface area contributed by atoms with Gasteiger partial charge < -0.3 is 10.6 Å². The van der Waals surface area contributed by atoms with Crippen molar-refractivity contribution in [2.24, 2.45) is 0 Å². The smallest absolute Gasteiger partial charge is 0.237 e. The third kappa shape index (κ3) is 4.67. The van der Waals surface area contributed by atoms with E-state index in [4.69, 9.17) is 0 Å². The Morgan fingerprint density at radius 2 is 2.20 bits per heavy atom. The van der Waals surface area contributed by atoms with Gasteiger partial charge in [0, 0.05) is 26.2 Å². The normalized spacial score (nSPS) is 18.0. The molecule has 1 aliphatic rings. The third-order valence-electron chi connectivity index (χ3n) is 4.52. The van der Waals surface area contributed by atoms with Gasteiger partial charge in [-0.1, -0.05) is 24.3 Å². The molecule has 1 saturated heterocycles. The fourth-order valence-electron chi connectivity index (χ4n) is 3.02. The first-order valence-corrected chi connectivity index (χ1v) is 9.42. The SMILES string of the molecule is Cc1ccccc1CN1CCNC(=O)C1CC(=O)NCc1ccsc1. The van der Waals surface area contributed by atoms with E-state index in [0.717, 1.165) is 12.1 Å². The van der Waals surface area contributed by atoms with Crippen LogP contribution in [0.3, 0.4) is 0 Å². The highest BCUT2D eigenvalue weighted by molar-refractivity contribution is 7.07. The number of carbonyl (C=O) groups excluding carboxylic acids is 2. The van der Waals surface area contributed by atoms with Gasteiger partial charge in [0.1, 0.15) is 0 Å². The molecule has 0 radical (unpaired) electrons. The number of carbonyl (C=O) groups is 2. The molecule has 1 fully saturated rings. The molecule has 5 nitrogen and oxygen atoms in total. The van der Waals surface area contributed by atoms with E-state index in [1.807, 2.05) is 29.0 Å². The summed E-state index contributed by atoms with van der Waals surface area (Å²) in [4.78, 5) is 26.7. The quantitative estimate of drug-likeness (QED) is 0.832. The van der Waals surface area contributed by atoms with Crippen LogP contribution in [-0.4, -0.2) is 35.8 Å². The van der Waals surface area contributed by atoms with E-state index in [1.54, 1.807) is 11.3 Å². The van der Waals surface area contributed by atoms with E-state index in [1.165, 1.54) is 11.1 Å². The van der Waals surface area contributed by atoms with Gasteiger partial charge in [0.25, 0.3) is 0 Å². The largest absolute Gasteiger partial charge is 0.353 e. The van der Waals surface area contributed by atoms with E-state index in [-0.39, 0.29) is 18.2 Å². The summed E-state index contributed by atoms with van der Waals surface area (Å²) in [5.74, 6) is -0.159. The van der Waals surface area contributed by atoms with Gasteiger partial charge in [-0.3, -0.25) is 14.5 Å². The van der Waals surface area contributed by atoms with Crippen molar-refractivity contribution in [2.75, 3.05) is 13.1 Å². The zero-order valence-electron chi connectivity index (χ0n) is 14.3. The lowest BCUT2D eigenvalue weighted by Gasteiger charge is -2.35. The van der Waals surface area contributed by atoms with E-state index in [0.29, 0.717) is 19.6 Å². The number of piperazine rings is 1. The van der Waals surface area contributed by atoms with Gasteiger partial charge in [-0.05, 0) is 40.4 Å².